The van der Waals surface area contributed by atoms with Gasteiger partial charge in [-0.1, -0.05) is 42.5 Å². The average Bonchev–Trinajstić information content (AvgIpc) is 2.66. The lowest BCUT2D eigenvalue weighted by Gasteiger charge is -2.28. The maximum absolute atomic E-state index is 9.76. The van der Waals surface area contributed by atoms with Crippen molar-refractivity contribution < 1.29 is 4.74 Å². The van der Waals surface area contributed by atoms with Crippen molar-refractivity contribution in [3.63, 3.8) is 0 Å². The fraction of sp³-hybridized carbons (Fsp3) is 0.136. The lowest BCUT2D eigenvalue weighted by molar-refractivity contribution is 0.395. The van der Waals surface area contributed by atoms with Crippen LogP contribution in [0.4, 0.5) is 5.69 Å². The van der Waals surface area contributed by atoms with Gasteiger partial charge in [0.1, 0.15) is 17.4 Å². The SMILES string of the molecule is CN(C)c1ccc([C@@H]2C(C#N)=C(N)Oc3ccc4ccccc4c32)cc1. The van der Waals surface area contributed by atoms with E-state index in [2.05, 4.69) is 42.5 Å². The predicted octanol–water partition coefficient (Wildman–Crippen LogP) is 4.12. The molecule has 0 amide bonds. The molecule has 2 N–H and O–H groups in total. The van der Waals surface area contributed by atoms with Gasteiger partial charge in [0.25, 0.3) is 0 Å². The van der Waals surface area contributed by atoms with Crippen molar-refractivity contribution in [2.24, 2.45) is 5.73 Å². The third-order valence-corrected chi connectivity index (χ3v) is 4.86. The fourth-order valence-corrected chi connectivity index (χ4v) is 3.54. The predicted molar refractivity (Wildman–Crippen MR) is 104 cm³/mol. The first-order valence-electron chi connectivity index (χ1n) is 8.46. The zero-order valence-corrected chi connectivity index (χ0v) is 14.7. The number of benzene rings is 3. The summed E-state index contributed by atoms with van der Waals surface area (Å²) in [5, 5.41) is 11.9. The summed E-state index contributed by atoms with van der Waals surface area (Å²) >= 11 is 0. The maximum Gasteiger partial charge on any atom is 0.205 e. The number of rotatable bonds is 2. The number of nitrogens with two attached hydrogens (primary N) is 1. The molecule has 4 nitrogen and oxygen atoms in total. The molecule has 1 heterocycles. The van der Waals surface area contributed by atoms with Gasteiger partial charge in [-0.25, -0.2) is 0 Å². The van der Waals surface area contributed by atoms with Crippen molar-refractivity contribution in [3.05, 3.63) is 83.2 Å². The first kappa shape index (κ1) is 16.0. The summed E-state index contributed by atoms with van der Waals surface area (Å²) in [6, 6.07) is 22.6. The number of nitriles is 1. The van der Waals surface area contributed by atoms with Crippen LogP contribution in [0.1, 0.15) is 17.0 Å². The Morgan fingerprint density at radius 3 is 2.42 bits per heavy atom. The molecule has 0 unspecified atom stereocenters. The second kappa shape index (κ2) is 6.12. The van der Waals surface area contributed by atoms with Crippen LogP contribution >= 0.6 is 0 Å². The van der Waals surface area contributed by atoms with Crippen LogP contribution in [0.2, 0.25) is 0 Å². The summed E-state index contributed by atoms with van der Waals surface area (Å²) < 4.78 is 5.78. The Hall–Kier alpha value is -3.45. The molecule has 0 fully saturated rings. The van der Waals surface area contributed by atoms with Gasteiger partial charge in [0.2, 0.25) is 5.88 Å². The zero-order chi connectivity index (χ0) is 18.3. The van der Waals surface area contributed by atoms with Gasteiger partial charge in [-0.15, -0.1) is 0 Å². The Kier molecular flexibility index (Phi) is 3.78. The van der Waals surface area contributed by atoms with Crippen LogP contribution in [-0.4, -0.2) is 14.1 Å². The molecule has 0 aromatic heterocycles. The third kappa shape index (κ3) is 2.46. The van der Waals surface area contributed by atoms with Gasteiger partial charge in [0.15, 0.2) is 0 Å². The Labute approximate surface area is 152 Å². The molecule has 0 radical (unpaired) electrons. The molecule has 0 bridgehead atoms. The number of fused-ring (bicyclic) bond motifs is 3. The van der Waals surface area contributed by atoms with E-state index in [0.717, 1.165) is 27.6 Å². The maximum atomic E-state index is 9.76. The van der Waals surface area contributed by atoms with E-state index < -0.39 is 0 Å². The summed E-state index contributed by atoms with van der Waals surface area (Å²) in [5.74, 6) is 0.643. The van der Waals surface area contributed by atoms with Crippen molar-refractivity contribution >= 4 is 16.5 Å². The number of ether oxygens (including phenoxy) is 1. The van der Waals surface area contributed by atoms with E-state index in [1.807, 2.05) is 43.3 Å². The highest BCUT2D eigenvalue weighted by Gasteiger charge is 2.32. The summed E-state index contributed by atoms with van der Waals surface area (Å²) in [4.78, 5) is 2.05. The van der Waals surface area contributed by atoms with Crippen molar-refractivity contribution in [3.8, 4) is 11.8 Å². The standard InChI is InChI=1S/C22H19N3O/c1-25(2)16-10-7-15(8-11-16)20-18(13-23)22(24)26-19-12-9-14-5-3-4-6-17(14)21(19)20/h3-12,20H,24H2,1-2H3/t20-/m1/s1. The van der Waals surface area contributed by atoms with Gasteiger partial charge in [-0.05, 0) is 34.5 Å². The second-order valence-corrected chi connectivity index (χ2v) is 6.61. The fourth-order valence-electron chi connectivity index (χ4n) is 3.54. The highest BCUT2D eigenvalue weighted by molar-refractivity contribution is 5.90. The van der Waals surface area contributed by atoms with E-state index >= 15 is 0 Å². The number of nitrogens with zero attached hydrogens (tertiary/aromatic N) is 2. The van der Waals surface area contributed by atoms with Crippen LogP contribution in [0.25, 0.3) is 10.8 Å². The van der Waals surface area contributed by atoms with Crippen LogP contribution < -0.4 is 15.4 Å². The van der Waals surface area contributed by atoms with E-state index in [1.165, 1.54) is 0 Å². The van der Waals surface area contributed by atoms with E-state index in [9.17, 15) is 5.26 Å². The highest BCUT2D eigenvalue weighted by Crippen LogP contribution is 2.45. The average molecular weight is 341 g/mol. The van der Waals surface area contributed by atoms with Gasteiger partial charge in [-0.3, -0.25) is 0 Å². The molecule has 4 rings (SSSR count). The van der Waals surface area contributed by atoms with Crippen LogP contribution in [0.15, 0.2) is 72.1 Å². The molecule has 0 spiro atoms. The van der Waals surface area contributed by atoms with Gasteiger partial charge in [-0.2, -0.15) is 5.26 Å². The third-order valence-electron chi connectivity index (χ3n) is 4.86. The van der Waals surface area contributed by atoms with Gasteiger partial charge < -0.3 is 15.4 Å². The molecule has 3 aromatic carbocycles. The number of hydrogen-bond donors (Lipinski definition) is 1. The van der Waals surface area contributed by atoms with Crippen molar-refractivity contribution in [1.82, 2.24) is 0 Å². The Morgan fingerprint density at radius 2 is 1.73 bits per heavy atom. The van der Waals surface area contributed by atoms with E-state index in [-0.39, 0.29) is 11.8 Å². The van der Waals surface area contributed by atoms with Gasteiger partial charge in [0.05, 0.1) is 5.92 Å². The van der Waals surface area contributed by atoms with E-state index in [0.29, 0.717) is 11.3 Å². The summed E-state index contributed by atoms with van der Waals surface area (Å²) in [6.45, 7) is 0. The van der Waals surface area contributed by atoms with Crippen molar-refractivity contribution in [1.29, 1.82) is 5.26 Å². The molecule has 0 saturated heterocycles. The Balaban J connectivity index is 1.98. The molecular formula is C22H19N3O. The lowest BCUT2D eigenvalue weighted by Crippen LogP contribution is -2.21. The van der Waals surface area contributed by atoms with Crippen molar-refractivity contribution in [2.75, 3.05) is 19.0 Å². The highest BCUT2D eigenvalue weighted by atomic mass is 16.5. The molecule has 0 aliphatic carbocycles. The molecular weight excluding hydrogens is 322 g/mol. The number of anilines is 1. The minimum absolute atomic E-state index is 0.178. The molecule has 128 valence electrons. The molecule has 4 heteroatoms. The molecule has 0 saturated carbocycles. The summed E-state index contributed by atoms with van der Waals surface area (Å²) in [5.41, 5.74) is 9.65. The Bertz CT molecular complexity index is 1060. The quantitative estimate of drug-likeness (QED) is 0.761. The van der Waals surface area contributed by atoms with E-state index in [4.69, 9.17) is 10.5 Å². The topological polar surface area (TPSA) is 62.3 Å². The monoisotopic (exact) mass is 341 g/mol. The summed E-state index contributed by atoms with van der Waals surface area (Å²) in [6.07, 6.45) is 0. The minimum atomic E-state index is -0.244. The van der Waals surface area contributed by atoms with Gasteiger partial charge in [0, 0.05) is 25.3 Å². The number of allylic oxidation sites excluding steroid dienone is 1. The first-order chi connectivity index (χ1) is 12.6. The largest absolute Gasteiger partial charge is 0.440 e. The van der Waals surface area contributed by atoms with Gasteiger partial charge >= 0.3 is 0 Å². The summed E-state index contributed by atoms with van der Waals surface area (Å²) in [7, 11) is 4.01. The smallest absolute Gasteiger partial charge is 0.205 e. The van der Waals surface area contributed by atoms with Crippen LogP contribution in [0.5, 0.6) is 5.75 Å². The van der Waals surface area contributed by atoms with E-state index in [1.54, 1.807) is 0 Å². The van der Waals surface area contributed by atoms with Crippen molar-refractivity contribution in [2.45, 2.75) is 5.92 Å². The zero-order valence-electron chi connectivity index (χ0n) is 14.7. The normalized spacial score (nSPS) is 16.0. The van der Waals surface area contributed by atoms with Crippen LogP contribution in [0.3, 0.4) is 0 Å². The molecule has 3 aromatic rings. The molecule has 1 aliphatic rings. The number of hydrogen-bond acceptors (Lipinski definition) is 4. The molecule has 1 atom stereocenters. The molecule has 26 heavy (non-hydrogen) atoms. The van der Waals surface area contributed by atoms with Crippen LogP contribution in [0, 0.1) is 11.3 Å². The Morgan fingerprint density at radius 1 is 1.00 bits per heavy atom. The molecule has 1 aliphatic heterocycles. The first-order valence-corrected chi connectivity index (χ1v) is 8.46. The van der Waals surface area contributed by atoms with Crippen LogP contribution in [-0.2, 0) is 0 Å². The second-order valence-electron chi connectivity index (χ2n) is 6.61. The lowest BCUT2D eigenvalue weighted by atomic mass is 9.81. The minimum Gasteiger partial charge on any atom is -0.440 e.